The fourth-order valence-electron chi connectivity index (χ4n) is 3.16. The normalized spacial score (nSPS) is 13.8. The summed E-state index contributed by atoms with van der Waals surface area (Å²) in [4.78, 5) is 17.8. The number of hydrogen-bond donors (Lipinski definition) is 3. The third-order valence-corrected chi connectivity index (χ3v) is 6.87. The van der Waals surface area contributed by atoms with E-state index >= 15 is 0 Å². The van der Waals surface area contributed by atoms with Gasteiger partial charge in [0.25, 0.3) is 0 Å². The molecule has 0 spiro atoms. The minimum Gasteiger partial charge on any atom is -0.497 e. The second kappa shape index (κ2) is 12.5. The zero-order chi connectivity index (χ0) is 28.0. The Morgan fingerprint density at radius 3 is 2.39 bits per heavy atom. The lowest BCUT2D eigenvalue weighted by Crippen LogP contribution is -2.37. The summed E-state index contributed by atoms with van der Waals surface area (Å²) in [7, 11) is -3.19. The molecule has 3 aromatic rings. The number of hydrogen-bond acceptors (Lipinski definition) is 9. The maximum atomic E-state index is 13.8. The van der Waals surface area contributed by atoms with Crippen LogP contribution >= 0.6 is 19.2 Å². The van der Waals surface area contributed by atoms with E-state index in [2.05, 4.69) is 14.7 Å². The smallest absolute Gasteiger partial charge is 0.469 e. The van der Waals surface area contributed by atoms with Gasteiger partial charge in [0.1, 0.15) is 28.1 Å². The molecule has 0 aliphatic rings. The molecule has 1 atom stereocenters. The standard InChI is InChI=1S/C23H27F3N3O7PS/c1-22(27,14-36-37(30,31)32)21-29-28-20(38-21)16-5-8-19(18(13-16)23(24,25)26)35-12-11-34-10-9-15-3-6-17(33-2)7-4-15/h3-8,13H,9-12,14,27H2,1-2H3,(H2,30,31,32)/t22-/m0/s1. The highest BCUT2D eigenvalue weighted by molar-refractivity contribution is 7.46. The molecule has 1 heterocycles. The van der Waals surface area contributed by atoms with Crippen molar-refractivity contribution < 1.29 is 46.3 Å². The molecule has 4 N–H and O–H groups in total. The summed E-state index contributed by atoms with van der Waals surface area (Å²) in [6.07, 6.45) is -4.07. The van der Waals surface area contributed by atoms with Gasteiger partial charge in [0, 0.05) is 5.56 Å². The van der Waals surface area contributed by atoms with Crippen LogP contribution < -0.4 is 15.2 Å². The van der Waals surface area contributed by atoms with Crippen LogP contribution in [0.25, 0.3) is 10.6 Å². The molecule has 0 radical (unpaired) electrons. The number of benzene rings is 2. The van der Waals surface area contributed by atoms with Gasteiger partial charge in [-0.15, -0.1) is 10.2 Å². The number of halogens is 3. The lowest BCUT2D eigenvalue weighted by Gasteiger charge is -2.21. The molecule has 0 amide bonds. The van der Waals surface area contributed by atoms with Crippen LogP contribution in [-0.2, 0) is 32.0 Å². The van der Waals surface area contributed by atoms with Gasteiger partial charge in [-0.1, -0.05) is 23.5 Å². The Balaban J connectivity index is 1.61. The van der Waals surface area contributed by atoms with Crippen LogP contribution in [0.2, 0.25) is 0 Å². The second-order valence-electron chi connectivity index (χ2n) is 8.36. The molecule has 0 saturated heterocycles. The molecule has 2 aromatic carbocycles. The van der Waals surface area contributed by atoms with Crippen LogP contribution in [0.15, 0.2) is 42.5 Å². The van der Waals surface area contributed by atoms with Crippen molar-refractivity contribution in [2.24, 2.45) is 5.73 Å². The summed E-state index contributed by atoms with van der Waals surface area (Å²) in [5.41, 5.74) is 4.75. The van der Waals surface area contributed by atoms with Crippen molar-refractivity contribution in [3.8, 4) is 22.1 Å². The van der Waals surface area contributed by atoms with Crippen LogP contribution in [0.3, 0.4) is 0 Å². The maximum Gasteiger partial charge on any atom is 0.469 e. The molecular formula is C23H27F3N3O7PS. The average Bonchev–Trinajstić information content (AvgIpc) is 3.36. The van der Waals surface area contributed by atoms with Crippen molar-refractivity contribution in [1.82, 2.24) is 10.2 Å². The highest BCUT2D eigenvalue weighted by Gasteiger charge is 2.35. The second-order valence-corrected chi connectivity index (χ2v) is 10.6. The molecule has 0 saturated carbocycles. The number of phosphoric ester groups is 1. The van der Waals surface area contributed by atoms with Crippen molar-refractivity contribution in [2.75, 3.05) is 33.5 Å². The van der Waals surface area contributed by atoms with E-state index in [9.17, 15) is 17.7 Å². The molecule has 15 heteroatoms. The highest BCUT2D eigenvalue weighted by atomic mass is 32.1. The lowest BCUT2D eigenvalue weighted by atomic mass is 10.1. The van der Waals surface area contributed by atoms with Gasteiger partial charge in [-0.2, -0.15) is 13.2 Å². The minimum atomic E-state index is -4.77. The maximum absolute atomic E-state index is 13.8. The third-order valence-electron chi connectivity index (χ3n) is 5.16. The number of aromatic nitrogens is 2. The third kappa shape index (κ3) is 8.73. The van der Waals surface area contributed by atoms with E-state index in [1.54, 1.807) is 7.11 Å². The van der Waals surface area contributed by atoms with E-state index < -0.39 is 31.7 Å². The Morgan fingerprint density at radius 2 is 1.76 bits per heavy atom. The van der Waals surface area contributed by atoms with Crippen molar-refractivity contribution >= 4 is 19.2 Å². The first kappa shape index (κ1) is 30.0. The fraction of sp³-hybridized carbons (Fsp3) is 0.391. The van der Waals surface area contributed by atoms with E-state index in [0.29, 0.717) is 13.0 Å². The van der Waals surface area contributed by atoms with E-state index in [1.807, 2.05) is 24.3 Å². The van der Waals surface area contributed by atoms with Crippen LogP contribution in [0.4, 0.5) is 13.2 Å². The molecular weight excluding hydrogens is 550 g/mol. The topological polar surface area (TPSA) is 146 Å². The summed E-state index contributed by atoms with van der Waals surface area (Å²) in [6.45, 7) is 1.22. The fourth-order valence-corrected chi connectivity index (χ4v) is 4.48. The number of nitrogens with zero attached hydrogens (tertiary/aromatic N) is 2. The summed E-state index contributed by atoms with van der Waals surface area (Å²) in [5, 5.41) is 8.01. The number of rotatable bonds is 13. The van der Waals surface area contributed by atoms with E-state index in [0.717, 1.165) is 28.7 Å². The van der Waals surface area contributed by atoms with Crippen molar-refractivity contribution in [2.45, 2.75) is 25.1 Å². The van der Waals surface area contributed by atoms with Crippen molar-refractivity contribution in [3.05, 3.63) is 58.6 Å². The Labute approximate surface area is 220 Å². The Morgan fingerprint density at radius 1 is 1.05 bits per heavy atom. The predicted molar refractivity (Wildman–Crippen MR) is 133 cm³/mol. The largest absolute Gasteiger partial charge is 0.497 e. The zero-order valence-electron chi connectivity index (χ0n) is 20.5. The molecule has 38 heavy (non-hydrogen) atoms. The van der Waals surface area contributed by atoms with E-state index in [1.165, 1.54) is 19.1 Å². The molecule has 0 unspecified atom stereocenters. The lowest BCUT2D eigenvalue weighted by molar-refractivity contribution is -0.139. The minimum absolute atomic E-state index is 0.0842. The zero-order valence-corrected chi connectivity index (χ0v) is 22.2. The molecule has 0 bridgehead atoms. The van der Waals surface area contributed by atoms with Gasteiger partial charge in [-0.3, -0.25) is 4.52 Å². The summed E-state index contributed by atoms with van der Waals surface area (Å²) in [6, 6.07) is 11.0. The molecule has 208 valence electrons. The van der Waals surface area contributed by atoms with Gasteiger partial charge in [-0.25, -0.2) is 4.57 Å². The van der Waals surface area contributed by atoms with Crippen LogP contribution in [0.1, 0.15) is 23.1 Å². The first-order valence-electron chi connectivity index (χ1n) is 11.2. The van der Waals surface area contributed by atoms with Crippen LogP contribution in [0, 0.1) is 0 Å². The summed E-state index contributed by atoms with van der Waals surface area (Å²) in [5.74, 6) is 0.384. The molecule has 0 aliphatic carbocycles. The summed E-state index contributed by atoms with van der Waals surface area (Å²) < 4.78 is 72.6. The van der Waals surface area contributed by atoms with E-state index in [-0.39, 0.29) is 34.5 Å². The molecule has 3 rings (SSSR count). The first-order chi connectivity index (χ1) is 17.8. The van der Waals surface area contributed by atoms with Gasteiger partial charge < -0.3 is 29.7 Å². The average molecular weight is 578 g/mol. The van der Waals surface area contributed by atoms with Crippen LogP contribution in [0.5, 0.6) is 11.5 Å². The number of methoxy groups -OCH3 is 1. The number of ether oxygens (including phenoxy) is 3. The molecule has 0 fully saturated rings. The SMILES string of the molecule is COc1ccc(CCOCCOc2ccc(-c3nnc([C@@](C)(N)COP(=O)(O)O)s3)cc2C(F)(F)F)cc1. The van der Waals surface area contributed by atoms with Gasteiger partial charge in [0.15, 0.2) is 0 Å². The number of phosphoric acid groups is 1. The van der Waals surface area contributed by atoms with Gasteiger partial charge in [0.05, 0.1) is 38.0 Å². The van der Waals surface area contributed by atoms with Crippen molar-refractivity contribution in [1.29, 1.82) is 0 Å². The van der Waals surface area contributed by atoms with E-state index in [4.69, 9.17) is 29.7 Å². The molecule has 10 nitrogen and oxygen atoms in total. The Hall–Kier alpha value is -2.58. The van der Waals surface area contributed by atoms with Gasteiger partial charge in [0.2, 0.25) is 0 Å². The predicted octanol–water partition coefficient (Wildman–Crippen LogP) is 4.15. The monoisotopic (exact) mass is 577 g/mol. The Kier molecular flexibility index (Phi) is 9.87. The number of alkyl halides is 3. The molecule has 1 aromatic heterocycles. The highest BCUT2D eigenvalue weighted by Crippen LogP contribution is 2.41. The van der Waals surface area contributed by atoms with Crippen LogP contribution in [-0.4, -0.2) is 53.5 Å². The van der Waals surface area contributed by atoms with Gasteiger partial charge in [-0.05, 0) is 49.2 Å². The van der Waals surface area contributed by atoms with Gasteiger partial charge >= 0.3 is 14.0 Å². The summed E-state index contributed by atoms with van der Waals surface area (Å²) >= 11 is 0.880. The van der Waals surface area contributed by atoms with Crippen molar-refractivity contribution in [3.63, 3.8) is 0 Å². The first-order valence-corrected chi connectivity index (χ1v) is 13.5. The molecule has 0 aliphatic heterocycles. The number of nitrogens with two attached hydrogens (primary N) is 1. The quantitative estimate of drug-likeness (QED) is 0.200. The Bertz CT molecular complexity index is 1250.